The Morgan fingerprint density at radius 1 is 1.14 bits per heavy atom. The highest BCUT2D eigenvalue weighted by Gasteiger charge is 2.13. The second-order valence-electron chi connectivity index (χ2n) is 4.90. The molecular weight excluding hydrogens is 297 g/mol. The predicted molar refractivity (Wildman–Crippen MR) is 91.4 cm³/mol. The second-order valence-corrected chi connectivity index (χ2v) is 5.87. The standard InChI is InChI=1S/C17H16FN3S/c1-2-12-3-5-13(6-4-12)16-11-22-17(21-20-16)19-15-9-7-14(18)8-10-15/h3-10H,2,11H2,1H3,(H,19,21). The Bertz CT molecular complexity index is 706. The molecule has 0 unspecified atom stereocenters. The second kappa shape index (κ2) is 6.75. The molecule has 3 rings (SSSR count). The van der Waals surface area contributed by atoms with E-state index in [1.807, 2.05) is 0 Å². The van der Waals surface area contributed by atoms with Crippen LogP contribution in [0.4, 0.5) is 10.1 Å². The molecule has 0 atom stereocenters. The summed E-state index contributed by atoms with van der Waals surface area (Å²) in [7, 11) is 0. The summed E-state index contributed by atoms with van der Waals surface area (Å²) in [6.07, 6.45) is 1.04. The number of thioether (sulfide) groups is 1. The fourth-order valence-electron chi connectivity index (χ4n) is 2.09. The summed E-state index contributed by atoms with van der Waals surface area (Å²) in [5, 5.41) is 5.11. The highest BCUT2D eigenvalue weighted by Crippen LogP contribution is 2.19. The normalized spacial score (nSPS) is 16.3. The number of hydrogen-bond donors (Lipinski definition) is 1. The number of nitrogens with zero attached hydrogens (tertiary/aromatic N) is 2. The minimum atomic E-state index is -0.260. The number of hydrazone groups is 1. The van der Waals surface area contributed by atoms with E-state index in [-0.39, 0.29) is 5.82 Å². The van der Waals surface area contributed by atoms with E-state index in [9.17, 15) is 4.39 Å². The zero-order valence-electron chi connectivity index (χ0n) is 12.2. The van der Waals surface area contributed by atoms with Gasteiger partial charge >= 0.3 is 0 Å². The lowest BCUT2D eigenvalue weighted by Crippen LogP contribution is -2.25. The van der Waals surface area contributed by atoms with E-state index < -0.39 is 0 Å². The van der Waals surface area contributed by atoms with Crippen LogP contribution in [-0.4, -0.2) is 16.6 Å². The van der Waals surface area contributed by atoms with Crippen molar-refractivity contribution in [2.75, 3.05) is 5.75 Å². The SMILES string of the molecule is CCc1ccc(C2=NNC(=Nc3ccc(F)cc3)SC2)cc1. The average Bonchev–Trinajstić information content (AvgIpc) is 2.58. The maximum Gasteiger partial charge on any atom is 0.182 e. The molecule has 0 spiro atoms. The van der Waals surface area contributed by atoms with Gasteiger partial charge in [0, 0.05) is 5.75 Å². The fraction of sp³-hybridized carbons (Fsp3) is 0.176. The molecule has 1 N–H and O–H groups in total. The van der Waals surface area contributed by atoms with Gasteiger partial charge in [0.05, 0.1) is 11.4 Å². The average molecular weight is 313 g/mol. The molecule has 2 aromatic rings. The van der Waals surface area contributed by atoms with Crippen LogP contribution in [0.5, 0.6) is 0 Å². The molecule has 0 amide bonds. The molecule has 112 valence electrons. The largest absolute Gasteiger partial charge is 0.255 e. The summed E-state index contributed by atoms with van der Waals surface area (Å²) in [5.41, 5.74) is 7.12. The van der Waals surface area contributed by atoms with Gasteiger partial charge in [-0.25, -0.2) is 9.38 Å². The summed E-state index contributed by atoms with van der Waals surface area (Å²) >= 11 is 1.59. The minimum Gasteiger partial charge on any atom is -0.255 e. The molecule has 5 heteroatoms. The van der Waals surface area contributed by atoms with Gasteiger partial charge in [0.2, 0.25) is 0 Å². The van der Waals surface area contributed by atoms with E-state index in [4.69, 9.17) is 0 Å². The molecule has 0 saturated heterocycles. The molecule has 22 heavy (non-hydrogen) atoms. The van der Waals surface area contributed by atoms with Gasteiger partial charge in [-0.3, -0.25) is 5.43 Å². The van der Waals surface area contributed by atoms with Crippen molar-refractivity contribution < 1.29 is 4.39 Å². The van der Waals surface area contributed by atoms with Crippen molar-refractivity contribution in [2.24, 2.45) is 10.1 Å². The highest BCUT2D eigenvalue weighted by molar-refractivity contribution is 8.14. The molecule has 0 aliphatic carbocycles. The number of halogens is 1. The minimum absolute atomic E-state index is 0.260. The lowest BCUT2D eigenvalue weighted by atomic mass is 10.1. The Kier molecular flexibility index (Phi) is 4.53. The van der Waals surface area contributed by atoms with E-state index in [2.05, 4.69) is 46.7 Å². The molecule has 0 bridgehead atoms. The lowest BCUT2D eigenvalue weighted by molar-refractivity contribution is 0.628. The number of amidine groups is 1. The smallest absolute Gasteiger partial charge is 0.182 e. The third-order valence-electron chi connectivity index (χ3n) is 3.38. The maximum absolute atomic E-state index is 12.9. The number of aryl methyl sites for hydroxylation is 1. The number of rotatable bonds is 3. The third-order valence-corrected chi connectivity index (χ3v) is 4.26. The Hall–Kier alpha value is -2.14. The van der Waals surface area contributed by atoms with Gasteiger partial charge in [0.25, 0.3) is 0 Å². The van der Waals surface area contributed by atoms with Gasteiger partial charge < -0.3 is 0 Å². The van der Waals surface area contributed by atoms with E-state index in [1.165, 1.54) is 17.7 Å². The van der Waals surface area contributed by atoms with Crippen LogP contribution in [0.25, 0.3) is 0 Å². The van der Waals surface area contributed by atoms with Crippen LogP contribution in [0, 0.1) is 5.82 Å². The first-order valence-electron chi connectivity index (χ1n) is 7.13. The van der Waals surface area contributed by atoms with Crippen molar-refractivity contribution in [2.45, 2.75) is 13.3 Å². The van der Waals surface area contributed by atoms with E-state index >= 15 is 0 Å². The zero-order valence-corrected chi connectivity index (χ0v) is 13.0. The number of benzene rings is 2. The first kappa shape index (κ1) is 14.8. The van der Waals surface area contributed by atoms with Crippen LogP contribution in [0.1, 0.15) is 18.1 Å². The summed E-state index contributed by atoms with van der Waals surface area (Å²) in [6.45, 7) is 2.14. The molecule has 0 aromatic heterocycles. The summed E-state index contributed by atoms with van der Waals surface area (Å²) in [6, 6.07) is 14.5. The molecule has 1 heterocycles. The van der Waals surface area contributed by atoms with Crippen LogP contribution in [0.3, 0.4) is 0 Å². The van der Waals surface area contributed by atoms with Crippen LogP contribution >= 0.6 is 11.8 Å². The molecule has 1 aliphatic heterocycles. The quantitative estimate of drug-likeness (QED) is 0.925. The van der Waals surface area contributed by atoms with Crippen LogP contribution < -0.4 is 5.43 Å². The van der Waals surface area contributed by atoms with Gasteiger partial charge in [-0.2, -0.15) is 5.10 Å². The van der Waals surface area contributed by atoms with E-state index in [1.54, 1.807) is 23.9 Å². The van der Waals surface area contributed by atoms with Crippen molar-refractivity contribution >= 4 is 28.3 Å². The van der Waals surface area contributed by atoms with E-state index in [0.29, 0.717) is 5.69 Å². The van der Waals surface area contributed by atoms with Gasteiger partial charge in [-0.05, 0) is 41.8 Å². The summed E-state index contributed by atoms with van der Waals surface area (Å²) < 4.78 is 12.9. The number of nitrogens with one attached hydrogen (secondary N) is 1. The molecule has 3 nitrogen and oxygen atoms in total. The van der Waals surface area contributed by atoms with Crippen molar-refractivity contribution in [1.29, 1.82) is 0 Å². The molecule has 1 aliphatic rings. The van der Waals surface area contributed by atoms with Crippen molar-refractivity contribution in [1.82, 2.24) is 5.43 Å². The van der Waals surface area contributed by atoms with Gasteiger partial charge in [-0.15, -0.1) is 0 Å². The topological polar surface area (TPSA) is 36.8 Å². The Morgan fingerprint density at radius 3 is 2.45 bits per heavy atom. The van der Waals surface area contributed by atoms with Crippen molar-refractivity contribution in [3.05, 3.63) is 65.5 Å². The first-order valence-corrected chi connectivity index (χ1v) is 8.12. The third kappa shape index (κ3) is 3.54. The number of hydrogen-bond acceptors (Lipinski definition) is 3. The van der Waals surface area contributed by atoms with Crippen LogP contribution in [0.15, 0.2) is 58.6 Å². The van der Waals surface area contributed by atoms with Gasteiger partial charge in [0.15, 0.2) is 5.17 Å². The molecule has 0 saturated carbocycles. The lowest BCUT2D eigenvalue weighted by Gasteiger charge is -2.15. The summed E-state index contributed by atoms with van der Waals surface area (Å²) in [4.78, 5) is 4.41. The monoisotopic (exact) mass is 313 g/mol. The van der Waals surface area contributed by atoms with Gasteiger partial charge in [-0.1, -0.05) is 43.0 Å². The van der Waals surface area contributed by atoms with Crippen LogP contribution in [0.2, 0.25) is 0 Å². The Morgan fingerprint density at radius 2 is 1.86 bits per heavy atom. The number of aliphatic imine (C=N–C) groups is 1. The predicted octanol–water partition coefficient (Wildman–Crippen LogP) is 4.12. The molecule has 0 fully saturated rings. The first-order chi connectivity index (χ1) is 10.7. The molecular formula is C17H16FN3S. The van der Waals surface area contributed by atoms with Crippen molar-refractivity contribution in [3.8, 4) is 0 Å². The fourth-order valence-corrected chi connectivity index (χ4v) is 2.87. The van der Waals surface area contributed by atoms with Crippen LogP contribution in [-0.2, 0) is 6.42 Å². The molecule has 2 aromatic carbocycles. The molecule has 0 radical (unpaired) electrons. The summed E-state index contributed by atoms with van der Waals surface area (Å²) in [5.74, 6) is 0.502. The van der Waals surface area contributed by atoms with Crippen molar-refractivity contribution in [3.63, 3.8) is 0 Å². The maximum atomic E-state index is 12.9. The zero-order chi connectivity index (χ0) is 15.4. The Balaban J connectivity index is 1.72. The highest BCUT2D eigenvalue weighted by atomic mass is 32.2. The van der Waals surface area contributed by atoms with E-state index in [0.717, 1.165) is 28.6 Å². The Labute approximate surface area is 133 Å². The van der Waals surface area contributed by atoms with Gasteiger partial charge in [0.1, 0.15) is 5.82 Å².